The Bertz CT molecular complexity index is 1630. The molecule has 2 aliphatic rings. The van der Waals surface area contributed by atoms with Crippen molar-refractivity contribution >= 4 is 56.3 Å². The van der Waals surface area contributed by atoms with Crippen LogP contribution in [0.2, 0.25) is 0 Å². The fraction of sp³-hybridized carbons (Fsp3) is 0.200. The number of benzene rings is 2. The zero-order valence-corrected chi connectivity index (χ0v) is 22.1. The quantitative estimate of drug-likeness (QED) is 0.254. The molecule has 1 aliphatic carbocycles. The van der Waals surface area contributed by atoms with Gasteiger partial charge < -0.3 is 15.4 Å². The standard InChI is InChI=1S/C30H26N4O4S/c1-3-24(35)18-9-10-19(16-18)32-28(36)27-26-25-23(13-14-31-29(25)39-27)34(30(37)33-26)22-12-11-21(15-17(22)2)38-20-7-5-4-6-8-20/h3-8,11-15,18-19H,1,9-10,16H2,2H3,(H,32,36)(H,33,37)/t18?,19-/m1/s1. The molecule has 1 aliphatic heterocycles. The van der Waals surface area contributed by atoms with Crippen LogP contribution >= 0.6 is 11.3 Å². The van der Waals surface area contributed by atoms with Crippen molar-refractivity contribution in [1.29, 1.82) is 0 Å². The highest BCUT2D eigenvalue weighted by Gasteiger charge is 2.35. The Hall–Kier alpha value is -4.50. The molecule has 8 nitrogen and oxygen atoms in total. The lowest BCUT2D eigenvalue weighted by Crippen LogP contribution is -2.36. The summed E-state index contributed by atoms with van der Waals surface area (Å²) >= 11 is 1.25. The van der Waals surface area contributed by atoms with E-state index >= 15 is 0 Å². The number of amides is 3. The number of anilines is 3. The Balaban J connectivity index is 1.29. The first-order chi connectivity index (χ1) is 18.9. The minimum Gasteiger partial charge on any atom is -0.457 e. The average molecular weight is 539 g/mol. The first kappa shape index (κ1) is 24.8. The van der Waals surface area contributed by atoms with Crippen LogP contribution in [0.5, 0.6) is 11.5 Å². The lowest BCUT2D eigenvalue weighted by Gasteiger charge is -2.29. The highest BCUT2D eigenvalue weighted by molar-refractivity contribution is 7.21. The number of aryl methyl sites for hydroxylation is 1. The minimum atomic E-state index is -0.361. The van der Waals surface area contributed by atoms with Gasteiger partial charge in [-0.1, -0.05) is 24.8 Å². The lowest BCUT2D eigenvalue weighted by molar-refractivity contribution is -0.118. The zero-order chi connectivity index (χ0) is 27.1. The molecule has 3 heterocycles. The number of thiophene rings is 1. The van der Waals surface area contributed by atoms with Gasteiger partial charge in [0.05, 0.1) is 22.4 Å². The molecule has 4 aromatic rings. The highest BCUT2D eigenvalue weighted by atomic mass is 32.1. The van der Waals surface area contributed by atoms with Gasteiger partial charge in [0.1, 0.15) is 21.2 Å². The summed E-state index contributed by atoms with van der Waals surface area (Å²) in [6.07, 6.45) is 5.04. The predicted molar refractivity (Wildman–Crippen MR) is 152 cm³/mol. The molecular weight excluding hydrogens is 512 g/mol. The molecule has 0 saturated heterocycles. The Morgan fingerprint density at radius 3 is 2.72 bits per heavy atom. The molecule has 3 amide bonds. The Morgan fingerprint density at radius 2 is 1.95 bits per heavy atom. The van der Waals surface area contributed by atoms with Gasteiger partial charge in [0.25, 0.3) is 5.91 Å². The molecule has 1 saturated carbocycles. The van der Waals surface area contributed by atoms with Gasteiger partial charge in [-0.15, -0.1) is 11.3 Å². The van der Waals surface area contributed by atoms with Crippen molar-refractivity contribution in [2.75, 3.05) is 10.2 Å². The number of nitrogens with zero attached hydrogens (tertiary/aromatic N) is 2. The van der Waals surface area contributed by atoms with Crippen LogP contribution in [-0.2, 0) is 4.79 Å². The number of carbonyl (C=O) groups is 3. The van der Waals surface area contributed by atoms with E-state index in [4.69, 9.17) is 4.74 Å². The molecule has 39 heavy (non-hydrogen) atoms. The second kappa shape index (κ2) is 9.99. The van der Waals surface area contributed by atoms with Crippen molar-refractivity contribution in [3.05, 3.63) is 83.9 Å². The number of carbonyl (C=O) groups excluding carboxylic acids is 3. The fourth-order valence-corrected chi connectivity index (χ4v) is 6.36. The third-order valence-electron chi connectivity index (χ3n) is 7.21. The van der Waals surface area contributed by atoms with Crippen LogP contribution in [-0.4, -0.2) is 28.7 Å². The second-order valence-corrected chi connectivity index (χ2v) is 10.7. The van der Waals surface area contributed by atoms with Gasteiger partial charge in [0.2, 0.25) is 0 Å². The minimum absolute atomic E-state index is 0.0138. The van der Waals surface area contributed by atoms with Crippen LogP contribution in [0.4, 0.5) is 21.9 Å². The van der Waals surface area contributed by atoms with E-state index in [0.717, 1.165) is 29.5 Å². The molecule has 0 bridgehead atoms. The molecule has 1 unspecified atom stereocenters. The molecule has 6 rings (SSSR count). The molecule has 0 spiro atoms. The molecule has 2 aromatic heterocycles. The summed E-state index contributed by atoms with van der Waals surface area (Å²) in [5.41, 5.74) is 2.68. The van der Waals surface area contributed by atoms with Gasteiger partial charge in [0, 0.05) is 18.2 Å². The van der Waals surface area contributed by atoms with E-state index in [9.17, 15) is 14.4 Å². The zero-order valence-electron chi connectivity index (χ0n) is 21.3. The van der Waals surface area contributed by atoms with Gasteiger partial charge in [-0.3, -0.25) is 14.5 Å². The first-order valence-electron chi connectivity index (χ1n) is 12.8. The normalized spacial score (nSPS) is 18.1. The summed E-state index contributed by atoms with van der Waals surface area (Å²) in [6.45, 7) is 5.49. The summed E-state index contributed by atoms with van der Waals surface area (Å²) in [5, 5.41) is 6.72. The number of aromatic nitrogens is 1. The van der Waals surface area contributed by atoms with E-state index in [0.29, 0.717) is 38.9 Å². The summed E-state index contributed by atoms with van der Waals surface area (Å²) in [5.74, 6) is 1.02. The molecule has 196 valence electrons. The van der Waals surface area contributed by atoms with E-state index in [2.05, 4.69) is 22.2 Å². The fourth-order valence-electron chi connectivity index (χ4n) is 5.34. The third kappa shape index (κ3) is 4.55. The number of hydrogen-bond acceptors (Lipinski definition) is 6. The number of urea groups is 1. The van der Waals surface area contributed by atoms with Gasteiger partial charge in [-0.05, 0) is 74.2 Å². The predicted octanol–water partition coefficient (Wildman–Crippen LogP) is 6.73. The van der Waals surface area contributed by atoms with Crippen molar-refractivity contribution in [3.8, 4) is 11.5 Å². The molecule has 0 radical (unpaired) electrons. The summed E-state index contributed by atoms with van der Waals surface area (Å²) in [6, 6.07) is 16.4. The molecule has 2 aromatic carbocycles. The SMILES string of the molecule is C=CC(=O)C1CC[C@@H](NC(=O)c2sc3nccc4c3c2NC(=O)N4c2ccc(Oc3ccccc3)cc2C)C1. The molecule has 2 atom stereocenters. The Labute approximate surface area is 229 Å². The maximum absolute atomic E-state index is 13.5. The van der Waals surface area contributed by atoms with Crippen molar-refractivity contribution < 1.29 is 19.1 Å². The topological polar surface area (TPSA) is 101 Å². The Kier molecular flexibility index (Phi) is 6.36. The summed E-state index contributed by atoms with van der Waals surface area (Å²) in [7, 11) is 0. The number of hydrogen-bond donors (Lipinski definition) is 2. The van der Waals surface area contributed by atoms with Crippen molar-refractivity contribution in [1.82, 2.24) is 10.3 Å². The molecule has 2 N–H and O–H groups in total. The van der Waals surface area contributed by atoms with E-state index in [-0.39, 0.29) is 29.7 Å². The van der Waals surface area contributed by atoms with Gasteiger partial charge in [-0.25, -0.2) is 9.78 Å². The molecule has 1 fully saturated rings. The van der Waals surface area contributed by atoms with E-state index < -0.39 is 0 Å². The third-order valence-corrected chi connectivity index (χ3v) is 8.31. The summed E-state index contributed by atoms with van der Waals surface area (Å²) < 4.78 is 5.96. The molecular formula is C30H26N4O4S. The van der Waals surface area contributed by atoms with Crippen LogP contribution in [0.1, 0.15) is 34.5 Å². The number of ketones is 1. The van der Waals surface area contributed by atoms with Crippen LogP contribution in [0.3, 0.4) is 0 Å². The van der Waals surface area contributed by atoms with Gasteiger partial charge in [-0.2, -0.15) is 0 Å². The number of allylic oxidation sites excluding steroid dienone is 1. The van der Waals surface area contributed by atoms with E-state index in [1.807, 2.05) is 55.5 Å². The van der Waals surface area contributed by atoms with Crippen LogP contribution in [0, 0.1) is 12.8 Å². The van der Waals surface area contributed by atoms with Crippen molar-refractivity contribution in [2.45, 2.75) is 32.2 Å². The Morgan fingerprint density at radius 1 is 1.13 bits per heavy atom. The van der Waals surface area contributed by atoms with Crippen LogP contribution in [0.25, 0.3) is 10.2 Å². The van der Waals surface area contributed by atoms with E-state index in [1.165, 1.54) is 17.4 Å². The molecule has 9 heteroatoms. The van der Waals surface area contributed by atoms with Crippen LogP contribution in [0.15, 0.2) is 73.4 Å². The average Bonchev–Trinajstić information content (AvgIpc) is 3.55. The lowest BCUT2D eigenvalue weighted by atomic mass is 10.0. The van der Waals surface area contributed by atoms with Gasteiger partial charge >= 0.3 is 6.03 Å². The second-order valence-electron chi connectivity index (χ2n) is 9.73. The number of para-hydroxylation sites is 1. The van der Waals surface area contributed by atoms with E-state index in [1.54, 1.807) is 17.2 Å². The maximum Gasteiger partial charge on any atom is 0.331 e. The monoisotopic (exact) mass is 538 g/mol. The highest BCUT2D eigenvalue weighted by Crippen LogP contribution is 2.46. The van der Waals surface area contributed by atoms with Gasteiger partial charge in [0.15, 0.2) is 5.78 Å². The number of ether oxygens (including phenoxy) is 1. The number of nitrogens with one attached hydrogen (secondary N) is 2. The van der Waals surface area contributed by atoms with Crippen LogP contribution < -0.4 is 20.3 Å². The smallest absolute Gasteiger partial charge is 0.331 e. The number of rotatable bonds is 7. The first-order valence-corrected chi connectivity index (χ1v) is 13.6. The summed E-state index contributed by atoms with van der Waals surface area (Å²) in [4.78, 5) is 45.9. The van der Waals surface area contributed by atoms with Crippen molar-refractivity contribution in [3.63, 3.8) is 0 Å². The number of pyridine rings is 1. The maximum atomic E-state index is 13.5. The van der Waals surface area contributed by atoms with Crippen molar-refractivity contribution in [2.24, 2.45) is 5.92 Å². The largest absolute Gasteiger partial charge is 0.457 e.